The average Bonchev–Trinajstić information content (AvgIpc) is 3.82. The van der Waals surface area contributed by atoms with Crippen molar-refractivity contribution in [2.75, 3.05) is 6.54 Å². The number of nitrogens with one attached hydrogen (secondary N) is 2. The van der Waals surface area contributed by atoms with Crippen LogP contribution in [0.15, 0.2) is 60.3 Å². The predicted octanol–water partition coefficient (Wildman–Crippen LogP) is 6.87. The number of hydrogen-bond donors (Lipinski definition) is 3. The standard InChI is InChI=1S/C39H43N3O6S/c1-8-40-37(44)33-20-28-14-16-41-32(22-43)35(28)42(33)49(46,47)39(7)15-13-27(19-25(39)4)31-21-30(38(5,6)45)11-12-34(31)48-36-23(2)17-29(18-24(36)3)26-9-10-26/h11-14,16-21,26,41,45H,8-10,15H2,1-7H3,(H,40,44). The zero-order chi connectivity index (χ0) is 35.5. The number of ether oxygens (including phenoxy) is 1. The van der Waals surface area contributed by atoms with Gasteiger partial charge in [-0.3, -0.25) is 4.79 Å². The molecule has 0 radical (unpaired) electrons. The van der Waals surface area contributed by atoms with Gasteiger partial charge in [0.1, 0.15) is 27.6 Å². The summed E-state index contributed by atoms with van der Waals surface area (Å²) < 4.78 is 35.7. The van der Waals surface area contributed by atoms with Crippen molar-refractivity contribution in [2.24, 2.45) is 0 Å². The molecule has 2 aromatic carbocycles. The molecule has 1 fully saturated rings. The molecular formula is C39H43N3O6S. The Kier molecular flexibility index (Phi) is 8.64. The maximum atomic E-state index is 14.8. The second kappa shape index (κ2) is 12.4. The first-order chi connectivity index (χ1) is 23.1. The van der Waals surface area contributed by atoms with Crippen molar-refractivity contribution < 1.29 is 27.9 Å². The third-order valence-electron chi connectivity index (χ3n) is 9.85. The summed E-state index contributed by atoms with van der Waals surface area (Å²) in [5.74, 6) is 3.19. The molecule has 3 aliphatic rings. The van der Waals surface area contributed by atoms with Crippen LogP contribution in [0.5, 0.6) is 11.5 Å². The highest BCUT2D eigenvalue weighted by molar-refractivity contribution is 7.91. The maximum Gasteiger partial charge on any atom is 0.269 e. The van der Waals surface area contributed by atoms with E-state index in [9.17, 15) is 23.1 Å². The van der Waals surface area contributed by atoms with Crippen LogP contribution in [0.25, 0.3) is 17.3 Å². The van der Waals surface area contributed by atoms with Gasteiger partial charge in [0.15, 0.2) is 5.94 Å². The van der Waals surface area contributed by atoms with E-state index in [-0.39, 0.29) is 23.5 Å². The quantitative estimate of drug-likeness (QED) is 0.211. The van der Waals surface area contributed by atoms with Gasteiger partial charge in [0, 0.05) is 23.9 Å². The fraction of sp³-hybridized carbons (Fsp3) is 0.359. The van der Waals surface area contributed by atoms with E-state index in [4.69, 9.17) is 4.74 Å². The van der Waals surface area contributed by atoms with E-state index < -0.39 is 26.3 Å². The molecule has 2 aliphatic carbocycles. The van der Waals surface area contributed by atoms with Gasteiger partial charge < -0.3 is 20.5 Å². The van der Waals surface area contributed by atoms with Crippen LogP contribution < -0.4 is 15.4 Å². The first kappa shape index (κ1) is 34.2. The van der Waals surface area contributed by atoms with Crippen molar-refractivity contribution in [1.82, 2.24) is 14.6 Å². The van der Waals surface area contributed by atoms with Gasteiger partial charge in [0.25, 0.3) is 5.91 Å². The summed E-state index contributed by atoms with van der Waals surface area (Å²) in [5.41, 5.74) is 5.25. The molecule has 1 saturated carbocycles. The number of carbonyl (C=O) groups is 1. The molecule has 1 aromatic heterocycles. The molecule has 3 N–H and O–H groups in total. The van der Waals surface area contributed by atoms with Crippen LogP contribution in [0, 0.1) is 13.8 Å². The van der Waals surface area contributed by atoms with E-state index in [2.05, 4.69) is 22.8 Å². The first-order valence-electron chi connectivity index (χ1n) is 16.6. The predicted molar refractivity (Wildman–Crippen MR) is 192 cm³/mol. The van der Waals surface area contributed by atoms with E-state index in [0.717, 1.165) is 26.4 Å². The Hall–Kier alpha value is -4.63. The minimum absolute atomic E-state index is 0.0644. The van der Waals surface area contributed by atoms with Crippen LogP contribution in [-0.4, -0.2) is 40.6 Å². The summed E-state index contributed by atoms with van der Waals surface area (Å²) in [7, 11) is -4.36. The van der Waals surface area contributed by atoms with Crippen molar-refractivity contribution in [1.29, 1.82) is 0 Å². The van der Waals surface area contributed by atoms with Crippen LogP contribution >= 0.6 is 0 Å². The second-order valence-corrected chi connectivity index (χ2v) is 16.2. The molecule has 3 aromatic rings. The monoisotopic (exact) mass is 681 g/mol. The molecule has 0 spiro atoms. The van der Waals surface area contributed by atoms with Crippen LogP contribution in [0.4, 0.5) is 0 Å². The van der Waals surface area contributed by atoms with Crippen molar-refractivity contribution in [2.45, 2.75) is 84.0 Å². The summed E-state index contributed by atoms with van der Waals surface area (Å²) >= 11 is 0. The average molecular weight is 682 g/mol. The molecule has 2 heterocycles. The number of aryl methyl sites for hydroxylation is 2. The fourth-order valence-corrected chi connectivity index (χ4v) is 8.64. The van der Waals surface area contributed by atoms with Gasteiger partial charge in [-0.2, -0.15) is 0 Å². The zero-order valence-electron chi connectivity index (χ0n) is 29.0. The van der Waals surface area contributed by atoms with E-state index in [1.165, 1.54) is 30.7 Å². The van der Waals surface area contributed by atoms with Gasteiger partial charge >= 0.3 is 0 Å². The number of benzene rings is 2. The number of amides is 1. The van der Waals surface area contributed by atoms with Gasteiger partial charge in [-0.05, 0) is 131 Å². The third-order valence-corrected chi connectivity index (χ3v) is 12.3. The van der Waals surface area contributed by atoms with E-state index in [1.54, 1.807) is 46.6 Å². The van der Waals surface area contributed by atoms with Crippen molar-refractivity contribution in [3.8, 4) is 11.5 Å². The Morgan fingerprint density at radius 2 is 1.84 bits per heavy atom. The largest absolute Gasteiger partial charge is 0.456 e. The lowest BCUT2D eigenvalue weighted by atomic mass is 9.86. The van der Waals surface area contributed by atoms with Crippen LogP contribution in [-0.2, 0) is 20.4 Å². The summed E-state index contributed by atoms with van der Waals surface area (Å²) in [4.78, 5) is 25.2. The second-order valence-electron chi connectivity index (χ2n) is 14.0. The van der Waals surface area contributed by atoms with Gasteiger partial charge in [-0.25, -0.2) is 17.2 Å². The zero-order valence-corrected chi connectivity index (χ0v) is 29.8. The molecule has 1 amide bonds. The van der Waals surface area contributed by atoms with Crippen LogP contribution in [0.3, 0.4) is 0 Å². The minimum Gasteiger partial charge on any atom is -0.456 e. The third kappa shape index (κ3) is 5.98. The Morgan fingerprint density at radius 3 is 2.43 bits per heavy atom. The number of rotatable bonds is 9. The molecule has 10 heteroatoms. The van der Waals surface area contributed by atoms with Crippen LogP contribution in [0.1, 0.15) is 109 Å². The molecule has 1 aliphatic heterocycles. The van der Waals surface area contributed by atoms with E-state index in [1.807, 2.05) is 44.2 Å². The number of aliphatic hydroxyl groups is 1. The number of nitrogens with zero attached hydrogens (tertiary/aromatic N) is 1. The Bertz CT molecular complexity index is 2110. The number of carbonyl (C=O) groups excluding carboxylic acids is 2. The normalized spacial score (nSPS) is 19.0. The minimum atomic E-state index is -4.36. The smallest absolute Gasteiger partial charge is 0.269 e. The highest BCUT2D eigenvalue weighted by Gasteiger charge is 2.46. The lowest BCUT2D eigenvalue weighted by Crippen LogP contribution is -2.44. The lowest BCUT2D eigenvalue weighted by molar-refractivity contribution is 0.0785. The van der Waals surface area contributed by atoms with Gasteiger partial charge in [-0.1, -0.05) is 30.4 Å². The molecule has 256 valence electrons. The van der Waals surface area contributed by atoms with Crippen molar-refractivity contribution in [3.63, 3.8) is 0 Å². The van der Waals surface area contributed by atoms with E-state index >= 15 is 0 Å². The molecule has 1 unspecified atom stereocenters. The SMILES string of the molecule is CCNC(=O)c1cc2c(n1S(=O)(=O)C1(C)CC=C(c3cc(C(C)(C)O)ccc3Oc3c(C)cc(C4CC4)cc3C)C=C1C)C(=C=O)NC=C2. The molecular weight excluding hydrogens is 639 g/mol. The molecule has 49 heavy (non-hydrogen) atoms. The first-order valence-corrected chi connectivity index (χ1v) is 18.1. The highest BCUT2D eigenvalue weighted by Crippen LogP contribution is 2.46. The van der Waals surface area contributed by atoms with Gasteiger partial charge in [-0.15, -0.1) is 0 Å². The van der Waals surface area contributed by atoms with Crippen molar-refractivity contribution >= 4 is 39.2 Å². The Balaban J connectivity index is 1.44. The summed E-state index contributed by atoms with van der Waals surface area (Å²) in [6, 6.07) is 11.4. The maximum absolute atomic E-state index is 14.8. The molecule has 1 atom stereocenters. The highest BCUT2D eigenvalue weighted by atomic mass is 32.2. The molecule has 0 bridgehead atoms. The van der Waals surface area contributed by atoms with Gasteiger partial charge in [0.2, 0.25) is 10.0 Å². The fourth-order valence-electron chi connectivity index (χ4n) is 6.65. The lowest BCUT2D eigenvalue weighted by Gasteiger charge is -2.34. The number of fused-ring (bicyclic) bond motifs is 1. The molecule has 0 saturated heterocycles. The Labute approximate surface area is 288 Å². The number of hydrogen-bond acceptors (Lipinski definition) is 7. The van der Waals surface area contributed by atoms with E-state index in [0.29, 0.717) is 40.5 Å². The van der Waals surface area contributed by atoms with Gasteiger partial charge in [0.05, 0.1) is 11.3 Å². The number of allylic oxidation sites excluding steroid dienone is 3. The molecule has 9 nitrogen and oxygen atoms in total. The Morgan fingerprint density at radius 1 is 1.14 bits per heavy atom. The topological polar surface area (TPSA) is 127 Å². The number of aromatic nitrogens is 1. The summed E-state index contributed by atoms with van der Waals surface area (Å²) in [5, 5.41) is 16.4. The van der Waals surface area contributed by atoms with Crippen molar-refractivity contribution in [3.05, 3.63) is 105 Å². The summed E-state index contributed by atoms with van der Waals surface area (Å²) in [6.45, 7) is 12.9. The molecule has 6 rings (SSSR count). The summed E-state index contributed by atoms with van der Waals surface area (Å²) in [6.07, 6.45) is 9.29. The van der Waals surface area contributed by atoms with Crippen LogP contribution in [0.2, 0.25) is 0 Å².